The quantitative estimate of drug-likeness (QED) is 0.764. The summed E-state index contributed by atoms with van der Waals surface area (Å²) in [6, 6.07) is 13.1. The van der Waals surface area contributed by atoms with Crippen LogP contribution in [-0.2, 0) is 0 Å². The van der Waals surface area contributed by atoms with Crippen LogP contribution in [0.1, 0.15) is 36.4 Å². The van der Waals surface area contributed by atoms with Gasteiger partial charge in [0.25, 0.3) is 0 Å². The first-order chi connectivity index (χ1) is 9.70. The van der Waals surface area contributed by atoms with E-state index in [1.54, 1.807) is 0 Å². The van der Waals surface area contributed by atoms with E-state index in [2.05, 4.69) is 42.6 Å². The molecule has 1 nitrogen and oxygen atoms in total. The third-order valence-corrected chi connectivity index (χ3v) is 5.46. The van der Waals surface area contributed by atoms with Crippen molar-refractivity contribution in [2.75, 3.05) is 6.54 Å². The van der Waals surface area contributed by atoms with Crippen molar-refractivity contribution in [3.8, 4) is 0 Å². The molecule has 1 fully saturated rings. The van der Waals surface area contributed by atoms with E-state index >= 15 is 0 Å². The maximum absolute atomic E-state index is 6.34. The molecule has 0 amide bonds. The number of rotatable bonds is 5. The summed E-state index contributed by atoms with van der Waals surface area (Å²) in [6.07, 6.45) is 1.21. The van der Waals surface area contributed by atoms with Crippen molar-refractivity contribution in [1.29, 1.82) is 0 Å². The summed E-state index contributed by atoms with van der Waals surface area (Å²) in [4.78, 5) is 0. The van der Waals surface area contributed by atoms with Crippen LogP contribution in [0.15, 0.2) is 36.4 Å². The smallest absolute Gasteiger partial charge is 0.0992 e. The lowest BCUT2D eigenvalue weighted by atomic mass is 10.0. The highest BCUT2D eigenvalue weighted by Crippen LogP contribution is 2.55. The van der Waals surface area contributed by atoms with Crippen molar-refractivity contribution in [2.24, 2.45) is 5.92 Å². The molecule has 20 heavy (non-hydrogen) atoms. The molecular weight excluding hydrogens is 309 g/mol. The van der Waals surface area contributed by atoms with Gasteiger partial charge in [0.05, 0.1) is 8.67 Å². The second kappa shape index (κ2) is 6.07. The van der Waals surface area contributed by atoms with Gasteiger partial charge in [-0.25, -0.2) is 0 Å². The van der Waals surface area contributed by atoms with Gasteiger partial charge in [0.1, 0.15) is 0 Å². The number of hydrogen-bond acceptors (Lipinski definition) is 2. The highest BCUT2D eigenvalue weighted by Gasteiger charge is 2.44. The lowest BCUT2D eigenvalue weighted by Crippen LogP contribution is -2.23. The molecule has 1 aromatic heterocycles. The first-order valence-electron chi connectivity index (χ1n) is 6.93. The molecule has 3 unspecified atom stereocenters. The van der Waals surface area contributed by atoms with E-state index in [0.29, 0.717) is 17.9 Å². The van der Waals surface area contributed by atoms with Gasteiger partial charge in [0, 0.05) is 11.6 Å². The molecule has 1 saturated carbocycles. The van der Waals surface area contributed by atoms with E-state index in [0.717, 1.165) is 20.8 Å². The third kappa shape index (κ3) is 2.89. The van der Waals surface area contributed by atoms with Crippen LogP contribution in [0.4, 0.5) is 0 Å². The predicted molar refractivity (Wildman–Crippen MR) is 88.0 cm³/mol. The van der Waals surface area contributed by atoms with E-state index in [4.69, 9.17) is 23.2 Å². The topological polar surface area (TPSA) is 12.0 Å². The fourth-order valence-corrected chi connectivity index (χ4v) is 4.49. The summed E-state index contributed by atoms with van der Waals surface area (Å²) in [7, 11) is 0. The number of thiophene rings is 1. The van der Waals surface area contributed by atoms with Crippen molar-refractivity contribution < 1.29 is 0 Å². The molecule has 106 valence electrons. The Bertz CT molecular complexity index is 581. The van der Waals surface area contributed by atoms with E-state index in [1.165, 1.54) is 23.3 Å². The summed E-state index contributed by atoms with van der Waals surface area (Å²) in [5, 5.41) is 3.58. The van der Waals surface area contributed by atoms with Crippen molar-refractivity contribution in [3.63, 3.8) is 0 Å². The highest BCUT2D eigenvalue weighted by atomic mass is 35.5. The van der Waals surface area contributed by atoms with Crippen LogP contribution in [0.3, 0.4) is 0 Å². The molecule has 2 aromatic rings. The average molecular weight is 326 g/mol. The van der Waals surface area contributed by atoms with Crippen LogP contribution in [0, 0.1) is 5.92 Å². The van der Waals surface area contributed by atoms with Gasteiger partial charge in [-0.05, 0) is 36.4 Å². The lowest BCUT2D eigenvalue weighted by Gasteiger charge is -2.18. The first kappa shape index (κ1) is 14.4. The average Bonchev–Trinajstić information content (AvgIpc) is 3.17. The minimum atomic E-state index is 0.307. The summed E-state index contributed by atoms with van der Waals surface area (Å²) >= 11 is 13.9. The van der Waals surface area contributed by atoms with Crippen molar-refractivity contribution in [3.05, 3.63) is 56.2 Å². The van der Waals surface area contributed by atoms with Crippen LogP contribution in [0.2, 0.25) is 8.67 Å². The van der Waals surface area contributed by atoms with E-state index in [1.807, 2.05) is 6.07 Å². The molecule has 1 aliphatic carbocycles. The second-order valence-corrected chi connectivity index (χ2v) is 7.52. The SMILES string of the molecule is CCNC(c1cc(Cl)sc1Cl)C1CC1c1ccccc1. The van der Waals surface area contributed by atoms with Gasteiger partial charge >= 0.3 is 0 Å². The molecular formula is C16H17Cl2NS. The van der Waals surface area contributed by atoms with Gasteiger partial charge in [0.15, 0.2) is 0 Å². The number of halogens is 2. The number of nitrogens with one attached hydrogen (secondary N) is 1. The third-order valence-electron chi connectivity index (χ3n) is 3.94. The van der Waals surface area contributed by atoms with E-state index in [9.17, 15) is 0 Å². The molecule has 0 radical (unpaired) electrons. The molecule has 3 atom stereocenters. The summed E-state index contributed by atoms with van der Waals surface area (Å²) in [6.45, 7) is 3.07. The molecule has 1 aromatic carbocycles. The molecule has 1 N–H and O–H groups in total. The first-order valence-corrected chi connectivity index (χ1v) is 8.51. The zero-order valence-electron chi connectivity index (χ0n) is 11.3. The van der Waals surface area contributed by atoms with Crippen LogP contribution < -0.4 is 5.32 Å². The maximum atomic E-state index is 6.34. The molecule has 0 aliphatic heterocycles. The fraction of sp³-hybridized carbons (Fsp3) is 0.375. The Balaban J connectivity index is 1.81. The Hall–Kier alpha value is -0.540. The summed E-state index contributed by atoms with van der Waals surface area (Å²) in [5.74, 6) is 1.25. The Morgan fingerprint density at radius 3 is 2.65 bits per heavy atom. The molecule has 0 saturated heterocycles. The normalized spacial score (nSPS) is 22.8. The highest BCUT2D eigenvalue weighted by molar-refractivity contribution is 7.20. The van der Waals surface area contributed by atoms with Gasteiger partial charge in [-0.3, -0.25) is 0 Å². The van der Waals surface area contributed by atoms with Crippen molar-refractivity contribution >= 4 is 34.5 Å². The lowest BCUT2D eigenvalue weighted by molar-refractivity contribution is 0.488. The molecule has 1 heterocycles. The molecule has 0 bridgehead atoms. The van der Waals surface area contributed by atoms with Gasteiger partial charge in [-0.15, -0.1) is 11.3 Å². The van der Waals surface area contributed by atoms with E-state index < -0.39 is 0 Å². The van der Waals surface area contributed by atoms with Crippen LogP contribution in [0.5, 0.6) is 0 Å². The monoisotopic (exact) mass is 325 g/mol. The minimum Gasteiger partial charge on any atom is -0.310 e. The molecule has 3 rings (SSSR count). The molecule has 0 spiro atoms. The van der Waals surface area contributed by atoms with Gasteiger partial charge in [-0.1, -0.05) is 60.5 Å². The van der Waals surface area contributed by atoms with Crippen LogP contribution >= 0.6 is 34.5 Å². The zero-order chi connectivity index (χ0) is 14.1. The van der Waals surface area contributed by atoms with Crippen LogP contribution in [-0.4, -0.2) is 6.54 Å². The zero-order valence-corrected chi connectivity index (χ0v) is 13.6. The van der Waals surface area contributed by atoms with Crippen LogP contribution in [0.25, 0.3) is 0 Å². The Morgan fingerprint density at radius 2 is 2.05 bits per heavy atom. The predicted octanol–water partition coefficient (Wildman–Crippen LogP) is 5.51. The molecule has 1 aliphatic rings. The Morgan fingerprint density at radius 1 is 1.30 bits per heavy atom. The minimum absolute atomic E-state index is 0.307. The summed E-state index contributed by atoms with van der Waals surface area (Å²) in [5.41, 5.74) is 2.59. The van der Waals surface area contributed by atoms with E-state index in [-0.39, 0.29) is 0 Å². The van der Waals surface area contributed by atoms with Gasteiger partial charge in [-0.2, -0.15) is 0 Å². The summed E-state index contributed by atoms with van der Waals surface area (Å²) < 4.78 is 1.59. The molecule has 4 heteroatoms. The largest absolute Gasteiger partial charge is 0.310 e. The Labute approximate surface area is 133 Å². The maximum Gasteiger partial charge on any atom is 0.0992 e. The van der Waals surface area contributed by atoms with Gasteiger partial charge < -0.3 is 5.32 Å². The van der Waals surface area contributed by atoms with Crippen molar-refractivity contribution in [1.82, 2.24) is 5.32 Å². The number of benzene rings is 1. The standard InChI is InChI=1S/C16H17Cl2NS/c1-2-19-15(13-9-14(17)20-16(13)18)12-8-11(12)10-6-4-3-5-7-10/h3-7,9,11-12,15,19H,2,8H2,1H3. The second-order valence-electron chi connectivity index (χ2n) is 5.23. The van der Waals surface area contributed by atoms with Gasteiger partial charge in [0.2, 0.25) is 0 Å². The van der Waals surface area contributed by atoms with Crippen molar-refractivity contribution in [2.45, 2.75) is 25.3 Å². The Kier molecular flexibility index (Phi) is 4.37. The number of hydrogen-bond donors (Lipinski definition) is 1. The fourth-order valence-electron chi connectivity index (χ4n) is 2.94.